The summed E-state index contributed by atoms with van der Waals surface area (Å²) in [5, 5.41) is 8.67. The van der Waals surface area contributed by atoms with Crippen LogP contribution in [0.2, 0.25) is 0 Å². The molecule has 1 N–H and O–H groups in total. The summed E-state index contributed by atoms with van der Waals surface area (Å²) in [6, 6.07) is 18.5. The van der Waals surface area contributed by atoms with Crippen molar-refractivity contribution >= 4 is 11.3 Å². The predicted molar refractivity (Wildman–Crippen MR) is 110 cm³/mol. The summed E-state index contributed by atoms with van der Waals surface area (Å²) in [7, 11) is 0. The summed E-state index contributed by atoms with van der Waals surface area (Å²) in [6.45, 7) is 13.0. The number of benzene rings is 2. The third-order valence-corrected chi connectivity index (χ3v) is 5.39. The van der Waals surface area contributed by atoms with Crippen LogP contribution < -0.4 is 0 Å². The molecule has 0 spiro atoms. The van der Waals surface area contributed by atoms with Crippen LogP contribution in [0.5, 0.6) is 0 Å². The summed E-state index contributed by atoms with van der Waals surface area (Å²) in [5.41, 5.74) is 6.04. The quantitative estimate of drug-likeness (QED) is 0.426. The monoisotopic (exact) mass is 331 g/mol. The lowest BCUT2D eigenvalue weighted by atomic mass is 9.75. The molecule has 0 fully saturated rings. The maximum atomic E-state index is 8.67. The number of hydrogen-bond donors (Lipinski definition) is 1. The first-order valence-electron chi connectivity index (χ1n) is 9.04. The van der Waals surface area contributed by atoms with Crippen LogP contribution >= 0.6 is 0 Å². The van der Waals surface area contributed by atoms with Gasteiger partial charge in [0.25, 0.3) is 0 Å². The van der Waals surface area contributed by atoms with Crippen LogP contribution in [0.4, 0.5) is 0 Å². The highest BCUT2D eigenvalue weighted by atomic mass is 14.4. The second-order valence-corrected chi connectivity index (χ2v) is 6.90. The fourth-order valence-corrected chi connectivity index (χ4v) is 3.12. The average Bonchev–Trinajstić information content (AvgIpc) is 2.67. The van der Waals surface area contributed by atoms with Gasteiger partial charge in [-0.15, -0.1) is 0 Å². The SMILES string of the molecule is C=C(/C(C)=C\C(=N)c1ccccc1C(C)(CC)CC)c1ccccc1. The van der Waals surface area contributed by atoms with E-state index in [2.05, 4.69) is 57.7 Å². The van der Waals surface area contributed by atoms with E-state index in [0.717, 1.165) is 35.1 Å². The fraction of sp³-hybridized carbons (Fsp3) is 0.292. The van der Waals surface area contributed by atoms with Crippen LogP contribution in [-0.4, -0.2) is 5.71 Å². The molecule has 1 nitrogen and oxygen atoms in total. The van der Waals surface area contributed by atoms with Crippen molar-refractivity contribution < 1.29 is 0 Å². The molecule has 0 heterocycles. The molecule has 0 aromatic heterocycles. The minimum atomic E-state index is 0.0983. The summed E-state index contributed by atoms with van der Waals surface area (Å²) in [6.07, 6.45) is 4.07. The van der Waals surface area contributed by atoms with E-state index in [1.54, 1.807) is 0 Å². The lowest BCUT2D eigenvalue weighted by Gasteiger charge is -2.29. The molecule has 0 aliphatic heterocycles. The molecule has 0 bridgehead atoms. The molecule has 2 rings (SSSR count). The summed E-state index contributed by atoms with van der Waals surface area (Å²) in [4.78, 5) is 0. The van der Waals surface area contributed by atoms with Crippen LogP contribution in [0, 0.1) is 5.41 Å². The van der Waals surface area contributed by atoms with Crippen molar-refractivity contribution in [3.63, 3.8) is 0 Å². The number of nitrogens with one attached hydrogen (secondary N) is 1. The van der Waals surface area contributed by atoms with Gasteiger partial charge >= 0.3 is 0 Å². The zero-order valence-corrected chi connectivity index (χ0v) is 15.9. The summed E-state index contributed by atoms with van der Waals surface area (Å²) in [5.74, 6) is 0. The van der Waals surface area contributed by atoms with Crippen LogP contribution in [0.1, 0.15) is 57.2 Å². The first-order chi connectivity index (χ1) is 11.9. The van der Waals surface area contributed by atoms with Gasteiger partial charge in [0, 0.05) is 5.56 Å². The lowest BCUT2D eigenvalue weighted by molar-refractivity contribution is 0.438. The van der Waals surface area contributed by atoms with Crippen molar-refractivity contribution in [1.82, 2.24) is 0 Å². The smallest absolute Gasteiger partial charge is 0.0618 e. The second kappa shape index (κ2) is 8.11. The Morgan fingerprint density at radius 3 is 2.16 bits per heavy atom. The van der Waals surface area contributed by atoms with Crippen molar-refractivity contribution in [1.29, 1.82) is 5.41 Å². The number of allylic oxidation sites excluding steroid dienone is 3. The molecule has 0 amide bonds. The second-order valence-electron chi connectivity index (χ2n) is 6.90. The molecule has 0 aliphatic rings. The highest BCUT2D eigenvalue weighted by Gasteiger charge is 2.25. The van der Waals surface area contributed by atoms with E-state index in [-0.39, 0.29) is 5.41 Å². The van der Waals surface area contributed by atoms with E-state index >= 15 is 0 Å². The Hall–Kier alpha value is -2.41. The van der Waals surface area contributed by atoms with Gasteiger partial charge in [0.05, 0.1) is 5.71 Å². The van der Waals surface area contributed by atoms with Crippen molar-refractivity contribution in [2.75, 3.05) is 0 Å². The van der Waals surface area contributed by atoms with Gasteiger partial charge in [0.1, 0.15) is 0 Å². The third kappa shape index (κ3) is 4.17. The van der Waals surface area contributed by atoms with Gasteiger partial charge in [0.15, 0.2) is 0 Å². The van der Waals surface area contributed by atoms with Gasteiger partial charge in [-0.3, -0.25) is 0 Å². The minimum absolute atomic E-state index is 0.0983. The van der Waals surface area contributed by atoms with E-state index in [0.29, 0.717) is 5.71 Å². The van der Waals surface area contributed by atoms with Crippen LogP contribution in [0.15, 0.2) is 72.8 Å². The Labute approximate surface area is 152 Å². The van der Waals surface area contributed by atoms with Crippen molar-refractivity contribution in [3.8, 4) is 0 Å². The first-order valence-corrected chi connectivity index (χ1v) is 9.04. The van der Waals surface area contributed by atoms with Gasteiger partial charge in [-0.25, -0.2) is 0 Å². The van der Waals surface area contributed by atoms with Crippen LogP contribution in [0.25, 0.3) is 5.57 Å². The maximum Gasteiger partial charge on any atom is 0.0618 e. The molecule has 130 valence electrons. The molecule has 0 saturated carbocycles. The zero-order chi connectivity index (χ0) is 18.4. The lowest BCUT2D eigenvalue weighted by Crippen LogP contribution is -2.22. The van der Waals surface area contributed by atoms with E-state index in [9.17, 15) is 0 Å². The molecule has 25 heavy (non-hydrogen) atoms. The maximum absolute atomic E-state index is 8.67. The Balaban J connectivity index is 2.37. The van der Waals surface area contributed by atoms with E-state index in [1.165, 1.54) is 5.56 Å². The van der Waals surface area contributed by atoms with Gasteiger partial charge in [0.2, 0.25) is 0 Å². The highest BCUT2D eigenvalue weighted by molar-refractivity contribution is 6.09. The molecule has 0 aliphatic carbocycles. The molecular weight excluding hydrogens is 302 g/mol. The summed E-state index contributed by atoms with van der Waals surface area (Å²) >= 11 is 0. The Kier molecular flexibility index (Phi) is 6.14. The van der Waals surface area contributed by atoms with E-state index < -0.39 is 0 Å². The van der Waals surface area contributed by atoms with Crippen molar-refractivity contribution in [2.24, 2.45) is 0 Å². The average molecular weight is 332 g/mol. The Morgan fingerprint density at radius 2 is 1.56 bits per heavy atom. The fourth-order valence-electron chi connectivity index (χ4n) is 3.12. The van der Waals surface area contributed by atoms with Gasteiger partial charge in [-0.05, 0) is 53.5 Å². The highest BCUT2D eigenvalue weighted by Crippen LogP contribution is 2.34. The molecule has 0 unspecified atom stereocenters. The predicted octanol–water partition coefficient (Wildman–Crippen LogP) is 6.79. The van der Waals surface area contributed by atoms with Gasteiger partial charge in [-0.2, -0.15) is 0 Å². The number of rotatable bonds is 7. The molecular formula is C24H29N. The van der Waals surface area contributed by atoms with Crippen LogP contribution in [-0.2, 0) is 5.41 Å². The molecule has 2 aromatic rings. The Bertz CT molecular complexity index is 777. The molecule has 1 heteroatoms. The van der Waals surface area contributed by atoms with Crippen molar-refractivity contribution in [3.05, 3.63) is 89.5 Å². The van der Waals surface area contributed by atoms with Crippen molar-refractivity contribution in [2.45, 2.75) is 46.0 Å². The van der Waals surface area contributed by atoms with E-state index in [1.807, 2.05) is 37.3 Å². The summed E-state index contributed by atoms with van der Waals surface area (Å²) < 4.78 is 0. The molecule has 2 aromatic carbocycles. The standard InChI is InChI=1S/C24H29N/c1-6-24(5,7-2)22-16-12-11-15-21(22)23(25)17-18(3)19(4)20-13-9-8-10-14-20/h8-17,25H,4,6-7H2,1-3,5H3/b18-17-,25-23?. The third-order valence-electron chi connectivity index (χ3n) is 5.39. The van der Waals surface area contributed by atoms with E-state index in [4.69, 9.17) is 5.41 Å². The molecule has 0 saturated heterocycles. The normalized spacial score (nSPS) is 12.1. The Morgan fingerprint density at radius 1 is 1.00 bits per heavy atom. The van der Waals surface area contributed by atoms with Gasteiger partial charge in [-0.1, -0.05) is 81.9 Å². The van der Waals surface area contributed by atoms with Crippen LogP contribution in [0.3, 0.4) is 0 Å². The zero-order valence-electron chi connectivity index (χ0n) is 15.9. The molecule has 0 atom stereocenters. The topological polar surface area (TPSA) is 23.9 Å². The number of hydrogen-bond acceptors (Lipinski definition) is 1. The largest absolute Gasteiger partial charge is 0.300 e. The minimum Gasteiger partial charge on any atom is -0.300 e. The van der Waals surface area contributed by atoms with Gasteiger partial charge < -0.3 is 5.41 Å². The molecule has 0 radical (unpaired) electrons. The first kappa shape index (κ1) is 18.9.